The van der Waals surface area contributed by atoms with E-state index in [9.17, 15) is 14.7 Å². The fourth-order valence-corrected chi connectivity index (χ4v) is 5.42. The SMILES string of the molecule is Cc1ccc2nc(N3C(=O)C(O)=C(C(=O)c4cc5ccccc5o4)[C@@H]3c3ccccc3)sc2c1. The Kier molecular flexibility index (Phi) is 4.60. The highest BCUT2D eigenvalue weighted by atomic mass is 32.1. The molecule has 6 nitrogen and oxygen atoms in total. The molecule has 5 aromatic rings. The molecule has 3 aromatic carbocycles. The number of aromatic nitrogens is 1. The lowest BCUT2D eigenvalue weighted by molar-refractivity contribution is -0.117. The Morgan fingerprint density at radius 3 is 2.59 bits per heavy atom. The van der Waals surface area contributed by atoms with Crippen molar-refractivity contribution < 1.29 is 19.1 Å². The number of anilines is 1. The molecule has 0 radical (unpaired) electrons. The number of Topliss-reactive ketones (excluding diaryl/α,β-unsaturated/α-hetero) is 1. The second-order valence-corrected chi connectivity index (χ2v) is 9.20. The highest BCUT2D eigenvalue weighted by Gasteiger charge is 2.46. The molecule has 1 amide bonds. The number of nitrogens with zero attached hydrogens (tertiary/aromatic N) is 2. The van der Waals surface area contributed by atoms with Gasteiger partial charge in [-0.1, -0.05) is 65.9 Å². The molecule has 0 fully saturated rings. The molecular weight excluding hydrogens is 448 g/mol. The number of ketones is 1. The average molecular weight is 467 g/mol. The maximum atomic E-state index is 13.6. The summed E-state index contributed by atoms with van der Waals surface area (Å²) in [4.78, 5) is 33.0. The van der Waals surface area contributed by atoms with E-state index in [0.29, 0.717) is 16.3 Å². The van der Waals surface area contributed by atoms with Crippen molar-refractivity contribution >= 4 is 49.3 Å². The summed E-state index contributed by atoms with van der Waals surface area (Å²) in [6.45, 7) is 1.99. The second kappa shape index (κ2) is 7.67. The van der Waals surface area contributed by atoms with E-state index in [2.05, 4.69) is 4.98 Å². The topological polar surface area (TPSA) is 83.6 Å². The smallest absolute Gasteiger partial charge is 0.296 e. The van der Waals surface area contributed by atoms with Crippen molar-refractivity contribution in [2.45, 2.75) is 13.0 Å². The zero-order chi connectivity index (χ0) is 23.4. The number of aliphatic hydroxyl groups excluding tert-OH is 1. The van der Waals surface area contributed by atoms with Gasteiger partial charge in [0.15, 0.2) is 16.7 Å². The van der Waals surface area contributed by atoms with Gasteiger partial charge >= 0.3 is 0 Å². The van der Waals surface area contributed by atoms with Crippen LogP contribution >= 0.6 is 11.3 Å². The number of aliphatic hydroxyl groups is 1. The largest absolute Gasteiger partial charge is 0.503 e. The molecule has 1 aliphatic heterocycles. The van der Waals surface area contributed by atoms with Crippen molar-refractivity contribution in [3.63, 3.8) is 0 Å². The number of rotatable bonds is 4. The number of amides is 1. The van der Waals surface area contributed by atoms with Crippen LogP contribution < -0.4 is 4.90 Å². The second-order valence-electron chi connectivity index (χ2n) is 8.20. The summed E-state index contributed by atoms with van der Waals surface area (Å²) in [7, 11) is 0. The van der Waals surface area contributed by atoms with Crippen LogP contribution in [-0.2, 0) is 4.79 Å². The van der Waals surface area contributed by atoms with Gasteiger partial charge in [-0.2, -0.15) is 0 Å². The molecule has 0 spiro atoms. The van der Waals surface area contributed by atoms with E-state index in [0.717, 1.165) is 21.2 Å². The summed E-state index contributed by atoms with van der Waals surface area (Å²) in [5.74, 6) is -1.72. The number of furan rings is 1. The molecule has 0 aliphatic carbocycles. The maximum absolute atomic E-state index is 13.6. The van der Waals surface area contributed by atoms with Crippen molar-refractivity contribution in [1.82, 2.24) is 4.98 Å². The molecule has 34 heavy (non-hydrogen) atoms. The highest BCUT2D eigenvalue weighted by molar-refractivity contribution is 7.22. The monoisotopic (exact) mass is 466 g/mol. The van der Waals surface area contributed by atoms with Gasteiger partial charge in [0.05, 0.1) is 21.8 Å². The van der Waals surface area contributed by atoms with Gasteiger partial charge in [-0.3, -0.25) is 14.5 Å². The number of para-hydroxylation sites is 1. The molecule has 0 saturated carbocycles. The first kappa shape index (κ1) is 20.4. The van der Waals surface area contributed by atoms with Crippen LogP contribution in [0.25, 0.3) is 21.2 Å². The predicted molar refractivity (Wildman–Crippen MR) is 131 cm³/mol. The van der Waals surface area contributed by atoms with E-state index in [-0.39, 0.29) is 11.3 Å². The van der Waals surface area contributed by atoms with Crippen molar-refractivity contribution in [3.05, 3.63) is 107 Å². The van der Waals surface area contributed by atoms with E-state index in [1.165, 1.54) is 16.2 Å². The summed E-state index contributed by atoms with van der Waals surface area (Å²) < 4.78 is 6.70. The zero-order valence-corrected chi connectivity index (χ0v) is 18.9. The van der Waals surface area contributed by atoms with E-state index < -0.39 is 23.5 Å². The number of aryl methyl sites for hydroxylation is 1. The normalized spacial score (nSPS) is 16.2. The van der Waals surface area contributed by atoms with Crippen molar-refractivity contribution in [2.75, 3.05) is 4.90 Å². The minimum atomic E-state index is -0.837. The maximum Gasteiger partial charge on any atom is 0.296 e. The van der Waals surface area contributed by atoms with Crippen LogP contribution in [-0.4, -0.2) is 21.8 Å². The van der Waals surface area contributed by atoms with Crippen LogP contribution in [0.4, 0.5) is 5.13 Å². The standard InChI is InChI=1S/C27H18N2O4S/c1-15-11-12-18-21(13-15)34-27(28-18)29-23(16-7-3-2-4-8-16)22(25(31)26(29)32)24(30)20-14-17-9-5-6-10-19(17)33-20/h2-14,23,31H,1H3/t23-/m0/s1. The molecule has 166 valence electrons. The number of hydrogen-bond donors (Lipinski definition) is 1. The fraction of sp³-hybridized carbons (Fsp3) is 0.0741. The number of benzene rings is 3. The van der Waals surface area contributed by atoms with E-state index >= 15 is 0 Å². The van der Waals surface area contributed by atoms with Gasteiger partial charge in [0.2, 0.25) is 5.78 Å². The summed E-state index contributed by atoms with van der Waals surface area (Å²) >= 11 is 1.35. The zero-order valence-electron chi connectivity index (χ0n) is 18.1. The molecule has 7 heteroatoms. The fourth-order valence-electron chi connectivity index (χ4n) is 4.33. The van der Waals surface area contributed by atoms with Gasteiger partial charge in [-0.15, -0.1) is 0 Å². The molecule has 0 unspecified atom stereocenters. The van der Waals surface area contributed by atoms with Gasteiger partial charge < -0.3 is 9.52 Å². The molecule has 0 saturated heterocycles. The van der Waals surface area contributed by atoms with Crippen molar-refractivity contribution in [1.29, 1.82) is 0 Å². The summed E-state index contributed by atoms with van der Waals surface area (Å²) in [6, 6.07) is 23.1. The van der Waals surface area contributed by atoms with Crippen molar-refractivity contribution in [2.24, 2.45) is 0 Å². The third-order valence-corrected chi connectivity index (χ3v) is 6.97. The number of thiazole rings is 1. The summed E-state index contributed by atoms with van der Waals surface area (Å²) in [6.07, 6.45) is 0. The summed E-state index contributed by atoms with van der Waals surface area (Å²) in [5.41, 5.74) is 3.06. The Bertz CT molecular complexity index is 1600. The van der Waals surface area contributed by atoms with Crippen LogP contribution in [0.15, 0.2) is 94.6 Å². The van der Waals surface area contributed by atoms with Gasteiger partial charge in [0, 0.05) is 5.39 Å². The van der Waals surface area contributed by atoms with Crippen LogP contribution in [0.1, 0.15) is 27.7 Å². The lowest BCUT2D eigenvalue weighted by Crippen LogP contribution is -2.30. The first-order valence-corrected chi connectivity index (χ1v) is 11.5. The number of hydrogen-bond acceptors (Lipinski definition) is 6. The van der Waals surface area contributed by atoms with E-state index in [1.807, 2.05) is 73.7 Å². The number of carbonyl (C=O) groups excluding carboxylic acids is 2. The Labute approximate surface area is 198 Å². The Morgan fingerprint density at radius 2 is 1.79 bits per heavy atom. The van der Waals surface area contributed by atoms with E-state index in [1.54, 1.807) is 12.1 Å². The first-order chi connectivity index (χ1) is 16.5. The molecule has 1 aliphatic rings. The van der Waals surface area contributed by atoms with E-state index in [4.69, 9.17) is 4.42 Å². The van der Waals surface area contributed by atoms with Crippen LogP contribution in [0.2, 0.25) is 0 Å². The van der Waals surface area contributed by atoms with Gasteiger partial charge in [-0.05, 0) is 42.3 Å². The van der Waals surface area contributed by atoms with Crippen LogP contribution in [0.3, 0.4) is 0 Å². The molecule has 3 heterocycles. The van der Waals surface area contributed by atoms with Gasteiger partial charge in [0.1, 0.15) is 5.58 Å². The number of fused-ring (bicyclic) bond motifs is 2. The van der Waals surface area contributed by atoms with Crippen LogP contribution in [0, 0.1) is 6.92 Å². The average Bonchev–Trinajstić information content (AvgIpc) is 3.53. The van der Waals surface area contributed by atoms with Crippen molar-refractivity contribution in [3.8, 4) is 0 Å². The number of carbonyl (C=O) groups is 2. The van der Waals surface area contributed by atoms with Crippen LogP contribution in [0.5, 0.6) is 0 Å². The molecule has 2 aromatic heterocycles. The Balaban J connectivity index is 1.51. The third kappa shape index (κ3) is 3.13. The highest BCUT2D eigenvalue weighted by Crippen LogP contribution is 2.44. The molecular formula is C27H18N2O4S. The summed E-state index contributed by atoms with van der Waals surface area (Å²) in [5, 5.41) is 12.1. The Morgan fingerprint density at radius 1 is 1.03 bits per heavy atom. The predicted octanol–water partition coefficient (Wildman–Crippen LogP) is 6.13. The first-order valence-electron chi connectivity index (χ1n) is 10.7. The molecule has 0 bridgehead atoms. The van der Waals surface area contributed by atoms with Gasteiger partial charge in [0.25, 0.3) is 5.91 Å². The third-order valence-electron chi connectivity index (χ3n) is 5.96. The quantitative estimate of drug-likeness (QED) is 0.322. The minimum Gasteiger partial charge on any atom is -0.503 e. The molecule has 1 N–H and O–H groups in total. The van der Waals surface area contributed by atoms with Gasteiger partial charge in [-0.25, -0.2) is 4.98 Å². The lowest BCUT2D eigenvalue weighted by atomic mass is 9.95. The molecule has 1 atom stereocenters. The molecule has 6 rings (SSSR count). The Hall–Kier alpha value is -4.23. The lowest BCUT2D eigenvalue weighted by Gasteiger charge is -2.24. The minimum absolute atomic E-state index is 0.0225.